The molecule has 2 fully saturated rings. The second-order valence-corrected chi connectivity index (χ2v) is 7.51. The van der Waals surface area contributed by atoms with Crippen molar-refractivity contribution in [2.45, 2.75) is 25.4 Å². The van der Waals surface area contributed by atoms with E-state index in [0.29, 0.717) is 30.9 Å². The van der Waals surface area contributed by atoms with Crippen LogP contribution >= 0.6 is 0 Å². The van der Waals surface area contributed by atoms with E-state index in [1.165, 1.54) is 17.2 Å². The Morgan fingerprint density at radius 2 is 2.00 bits per heavy atom. The first-order valence-electron chi connectivity index (χ1n) is 9.42. The van der Waals surface area contributed by atoms with E-state index < -0.39 is 28.7 Å². The van der Waals surface area contributed by atoms with Gasteiger partial charge in [0.05, 0.1) is 17.2 Å². The maximum Gasteiger partial charge on any atom is 0.417 e. The molecule has 2 N–H and O–H groups in total. The van der Waals surface area contributed by atoms with Crippen molar-refractivity contribution in [3.8, 4) is 6.07 Å². The minimum atomic E-state index is -4.88. The number of rotatable bonds is 5. The van der Waals surface area contributed by atoms with Crippen molar-refractivity contribution in [3.05, 3.63) is 41.7 Å². The molecule has 160 valence electrons. The number of amides is 1. The second-order valence-electron chi connectivity index (χ2n) is 7.51. The van der Waals surface area contributed by atoms with Crippen molar-refractivity contribution in [3.63, 3.8) is 0 Å². The summed E-state index contributed by atoms with van der Waals surface area (Å²) < 4.78 is 39.6. The molecule has 1 aliphatic carbocycles. The van der Waals surface area contributed by atoms with Gasteiger partial charge in [-0.15, -0.1) is 0 Å². The number of nitrogens with one attached hydrogen (secondary N) is 1. The monoisotopic (exact) mass is 431 g/mol. The number of pyridine rings is 2. The van der Waals surface area contributed by atoms with Gasteiger partial charge in [0.15, 0.2) is 0 Å². The summed E-state index contributed by atoms with van der Waals surface area (Å²) in [6.45, 7) is 0.357. The molecule has 0 aromatic carbocycles. The third kappa shape index (κ3) is 3.65. The molecule has 1 saturated carbocycles. The van der Waals surface area contributed by atoms with Crippen molar-refractivity contribution < 1.29 is 27.9 Å². The zero-order chi connectivity index (χ0) is 22.4. The molecule has 1 atom stereocenters. The van der Waals surface area contributed by atoms with Gasteiger partial charge in [-0.25, -0.2) is 14.8 Å². The SMILES string of the molecule is N#CC1(C2CC2)CCN(c2ccnc(Nc3cc(C(F)(F)F)c(C(=O)O)cn3)c2)C1=O. The summed E-state index contributed by atoms with van der Waals surface area (Å²) in [7, 11) is 0. The molecule has 2 aliphatic rings. The predicted octanol–water partition coefficient (Wildman–Crippen LogP) is 3.59. The van der Waals surface area contributed by atoms with Gasteiger partial charge in [-0.3, -0.25) is 4.79 Å². The summed E-state index contributed by atoms with van der Waals surface area (Å²) in [6, 6.07) is 5.83. The van der Waals surface area contributed by atoms with Gasteiger partial charge in [0.25, 0.3) is 0 Å². The van der Waals surface area contributed by atoms with Gasteiger partial charge in [-0.1, -0.05) is 0 Å². The van der Waals surface area contributed by atoms with Crippen LogP contribution in [0.1, 0.15) is 35.2 Å². The molecular weight excluding hydrogens is 415 g/mol. The third-order valence-corrected chi connectivity index (χ3v) is 5.58. The van der Waals surface area contributed by atoms with Crippen LogP contribution < -0.4 is 10.2 Å². The number of hydrogen-bond donors (Lipinski definition) is 2. The van der Waals surface area contributed by atoms with Crippen LogP contribution in [0.15, 0.2) is 30.6 Å². The van der Waals surface area contributed by atoms with Gasteiger partial charge in [-0.2, -0.15) is 18.4 Å². The van der Waals surface area contributed by atoms with Gasteiger partial charge < -0.3 is 15.3 Å². The lowest BCUT2D eigenvalue weighted by Crippen LogP contribution is -2.35. The summed E-state index contributed by atoms with van der Waals surface area (Å²) in [5.41, 5.74) is -2.87. The van der Waals surface area contributed by atoms with Crippen LogP contribution in [0.5, 0.6) is 0 Å². The summed E-state index contributed by atoms with van der Waals surface area (Å²) in [6.07, 6.45) is -0.770. The first kappa shape index (κ1) is 20.6. The number of carbonyl (C=O) groups is 2. The lowest BCUT2D eigenvalue weighted by Gasteiger charge is -2.21. The summed E-state index contributed by atoms with van der Waals surface area (Å²) in [4.78, 5) is 33.2. The lowest BCUT2D eigenvalue weighted by molar-refractivity contribution is -0.138. The van der Waals surface area contributed by atoms with Crippen LogP contribution in [-0.4, -0.2) is 33.5 Å². The Labute approximate surface area is 174 Å². The van der Waals surface area contributed by atoms with E-state index in [2.05, 4.69) is 21.4 Å². The molecule has 2 aromatic rings. The Hall–Kier alpha value is -3.68. The first-order chi connectivity index (χ1) is 14.7. The van der Waals surface area contributed by atoms with Gasteiger partial charge in [0.2, 0.25) is 5.91 Å². The fourth-order valence-corrected chi connectivity index (χ4v) is 3.85. The lowest BCUT2D eigenvalue weighted by atomic mass is 9.83. The third-order valence-electron chi connectivity index (χ3n) is 5.58. The smallest absolute Gasteiger partial charge is 0.417 e. The Balaban J connectivity index is 1.60. The van der Waals surface area contributed by atoms with E-state index in [1.807, 2.05) is 0 Å². The van der Waals surface area contributed by atoms with Gasteiger partial charge in [-0.05, 0) is 37.3 Å². The minimum absolute atomic E-state index is 0.0622. The van der Waals surface area contributed by atoms with Crippen molar-refractivity contribution >= 4 is 29.2 Å². The number of aromatic nitrogens is 2. The molecule has 1 aliphatic heterocycles. The molecule has 0 bridgehead atoms. The normalized spacial score (nSPS) is 21.1. The first-order valence-corrected chi connectivity index (χ1v) is 9.42. The number of carboxylic acids is 1. The molecule has 3 heterocycles. The van der Waals surface area contributed by atoms with Gasteiger partial charge in [0.1, 0.15) is 17.1 Å². The molecule has 4 rings (SSSR count). The van der Waals surface area contributed by atoms with Crippen LogP contribution in [0.4, 0.5) is 30.5 Å². The average molecular weight is 431 g/mol. The van der Waals surface area contributed by atoms with E-state index in [9.17, 15) is 28.0 Å². The van der Waals surface area contributed by atoms with Crippen molar-refractivity contribution in [2.75, 3.05) is 16.8 Å². The number of aromatic carboxylic acids is 1. The molecule has 8 nitrogen and oxygen atoms in total. The predicted molar refractivity (Wildman–Crippen MR) is 101 cm³/mol. The molecule has 1 saturated heterocycles. The summed E-state index contributed by atoms with van der Waals surface area (Å²) >= 11 is 0. The second kappa shape index (κ2) is 7.23. The van der Waals surface area contributed by atoms with Crippen LogP contribution in [0.25, 0.3) is 0 Å². The van der Waals surface area contributed by atoms with Crippen molar-refractivity contribution in [2.24, 2.45) is 11.3 Å². The number of alkyl halides is 3. The number of nitriles is 1. The standard InChI is InChI=1S/C20H16F3N5O3/c21-20(22,23)14-8-16(26-9-13(14)17(29)30)27-15-7-12(3-5-25-15)28-6-4-19(10-24,18(28)31)11-1-2-11/h3,5,7-9,11H,1-2,4,6H2,(H,29,30)(H,25,26,27). The number of carbonyl (C=O) groups excluding carboxylic acids is 1. The summed E-state index contributed by atoms with van der Waals surface area (Å²) in [5, 5.41) is 21.2. The Morgan fingerprint density at radius 3 is 2.61 bits per heavy atom. The number of carboxylic acid groups (broad SMARTS) is 1. The zero-order valence-corrected chi connectivity index (χ0v) is 16.0. The maximum absolute atomic E-state index is 13.2. The Kier molecular flexibility index (Phi) is 4.80. The highest BCUT2D eigenvalue weighted by molar-refractivity contribution is 6.02. The molecule has 1 amide bonds. The van der Waals surface area contributed by atoms with E-state index in [4.69, 9.17) is 5.11 Å². The molecule has 2 aromatic heterocycles. The minimum Gasteiger partial charge on any atom is -0.478 e. The molecule has 0 radical (unpaired) electrons. The highest BCUT2D eigenvalue weighted by atomic mass is 19.4. The van der Waals surface area contributed by atoms with Crippen molar-refractivity contribution in [1.82, 2.24) is 9.97 Å². The topological polar surface area (TPSA) is 119 Å². The fourth-order valence-electron chi connectivity index (χ4n) is 3.85. The van der Waals surface area contributed by atoms with Crippen LogP contribution in [0, 0.1) is 22.7 Å². The molecule has 1 unspecified atom stereocenters. The number of halogens is 3. The van der Waals surface area contributed by atoms with Crippen LogP contribution in [0.3, 0.4) is 0 Å². The maximum atomic E-state index is 13.2. The van der Waals surface area contributed by atoms with Gasteiger partial charge >= 0.3 is 12.1 Å². The Bertz CT molecular complexity index is 1110. The molecule has 31 heavy (non-hydrogen) atoms. The highest BCUT2D eigenvalue weighted by Crippen LogP contribution is 2.52. The fraction of sp³-hybridized carbons (Fsp3) is 0.350. The molecule has 0 spiro atoms. The van der Waals surface area contributed by atoms with Crippen LogP contribution in [-0.2, 0) is 11.0 Å². The number of nitrogens with zero attached hydrogens (tertiary/aromatic N) is 4. The zero-order valence-electron chi connectivity index (χ0n) is 16.0. The average Bonchev–Trinajstić information content (AvgIpc) is 3.51. The number of hydrogen-bond acceptors (Lipinski definition) is 6. The molecular formula is C20H16F3N5O3. The largest absolute Gasteiger partial charge is 0.478 e. The highest BCUT2D eigenvalue weighted by Gasteiger charge is 2.56. The number of anilines is 3. The van der Waals surface area contributed by atoms with Crippen LogP contribution in [0.2, 0.25) is 0 Å². The quantitative estimate of drug-likeness (QED) is 0.742. The van der Waals surface area contributed by atoms with Gasteiger partial charge in [0, 0.05) is 30.7 Å². The Morgan fingerprint density at radius 1 is 1.29 bits per heavy atom. The van der Waals surface area contributed by atoms with Crippen molar-refractivity contribution in [1.29, 1.82) is 5.26 Å². The molecule has 11 heteroatoms. The van der Waals surface area contributed by atoms with E-state index >= 15 is 0 Å². The summed E-state index contributed by atoms with van der Waals surface area (Å²) in [5.74, 6) is -2.09. The van der Waals surface area contributed by atoms with E-state index in [-0.39, 0.29) is 23.5 Å². The van der Waals surface area contributed by atoms with E-state index in [0.717, 1.165) is 12.8 Å². The van der Waals surface area contributed by atoms with E-state index in [1.54, 1.807) is 6.07 Å².